The van der Waals surface area contributed by atoms with E-state index in [1.165, 1.54) is 0 Å². The molecular formula is C15H20N2O3S. The number of benzene rings is 1. The number of pyridine rings is 1. The quantitative estimate of drug-likeness (QED) is 0.885. The molecule has 0 spiro atoms. The number of hydrogen-bond acceptors (Lipinski definition) is 4. The van der Waals surface area contributed by atoms with Gasteiger partial charge in [0.15, 0.2) is 0 Å². The van der Waals surface area contributed by atoms with E-state index in [-0.39, 0.29) is 11.4 Å². The van der Waals surface area contributed by atoms with Gasteiger partial charge in [-0.15, -0.1) is 0 Å². The summed E-state index contributed by atoms with van der Waals surface area (Å²) in [7, 11) is -3.70. The lowest BCUT2D eigenvalue weighted by Gasteiger charge is -2.21. The number of rotatable bonds is 5. The highest BCUT2D eigenvalue weighted by Gasteiger charge is 2.24. The summed E-state index contributed by atoms with van der Waals surface area (Å²) in [5.74, 6) is 0. The predicted molar refractivity (Wildman–Crippen MR) is 82.6 cm³/mol. The third-order valence-electron chi connectivity index (χ3n) is 3.63. The molecule has 1 aromatic heterocycles. The molecule has 1 atom stereocenters. The molecule has 0 aliphatic heterocycles. The molecule has 0 saturated carbocycles. The van der Waals surface area contributed by atoms with E-state index in [9.17, 15) is 13.5 Å². The zero-order chi connectivity index (χ0) is 15.7. The Morgan fingerprint density at radius 2 is 2.05 bits per heavy atom. The van der Waals surface area contributed by atoms with Crippen LogP contribution in [0.4, 0.5) is 0 Å². The van der Waals surface area contributed by atoms with Gasteiger partial charge in [-0.1, -0.05) is 13.0 Å². The van der Waals surface area contributed by atoms with E-state index < -0.39 is 15.6 Å². The normalized spacial score (nSPS) is 15.0. The fourth-order valence-electron chi connectivity index (χ4n) is 1.98. The van der Waals surface area contributed by atoms with Crippen molar-refractivity contribution in [3.05, 3.63) is 36.0 Å². The van der Waals surface area contributed by atoms with Crippen molar-refractivity contribution in [2.45, 2.75) is 37.7 Å². The molecule has 1 aromatic carbocycles. The van der Waals surface area contributed by atoms with Crippen molar-refractivity contribution in [3.8, 4) is 0 Å². The minimum absolute atomic E-state index is 0.0263. The molecule has 5 nitrogen and oxygen atoms in total. The molecule has 2 N–H and O–H groups in total. The lowest BCUT2D eigenvalue weighted by molar-refractivity contribution is 0.0613. The number of nitrogens with one attached hydrogen (secondary N) is 1. The highest BCUT2D eigenvalue weighted by atomic mass is 32.2. The van der Waals surface area contributed by atoms with Crippen LogP contribution in [0.1, 0.15) is 25.8 Å². The minimum Gasteiger partial charge on any atom is -0.389 e. The number of aliphatic hydroxyl groups is 1. The van der Waals surface area contributed by atoms with Gasteiger partial charge in [-0.05, 0) is 44.0 Å². The summed E-state index contributed by atoms with van der Waals surface area (Å²) < 4.78 is 27.4. The first-order valence-corrected chi connectivity index (χ1v) is 8.31. The second-order valence-electron chi connectivity index (χ2n) is 5.46. The SMILES string of the molecule is CCC(C)(O)CNS(=O)(=O)c1ccc(C)c2ncccc12. The number of sulfonamides is 1. The topological polar surface area (TPSA) is 79.3 Å². The molecule has 2 aromatic rings. The number of fused-ring (bicyclic) bond motifs is 1. The van der Waals surface area contributed by atoms with Gasteiger partial charge in [-0.2, -0.15) is 0 Å². The number of aromatic nitrogens is 1. The van der Waals surface area contributed by atoms with Crippen molar-refractivity contribution in [2.75, 3.05) is 6.54 Å². The van der Waals surface area contributed by atoms with Crippen LogP contribution in [-0.4, -0.2) is 30.7 Å². The van der Waals surface area contributed by atoms with Crippen LogP contribution in [0.2, 0.25) is 0 Å². The van der Waals surface area contributed by atoms with E-state index in [0.717, 1.165) is 5.56 Å². The summed E-state index contributed by atoms with van der Waals surface area (Å²) in [6.45, 7) is 5.27. The molecular weight excluding hydrogens is 288 g/mol. The Morgan fingerprint density at radius 3 is 2.71 bits per heavy atom. The zero-order valence-electron chi connectivity index (χ0n) is 12.4. The van der Waals surface area contributed by atoms with Crippen LogP contribution in [0.3, 0.4) is 0 Å². The molecule has 0 bridgehead atoms. The van der Waals surface area contributed by atoms with E-state index in [1.54, 1.807) is 44.3 Å². The highest BCUT2D eigenvalue weighted by Crippen LogP contribution is 2.24. The van der Waals surface area contributed by atoms with Crippen LogP contribution in [0.5, 0.6) is 0 Å². The summed E-state index contributed by atoms with van der Waals surface area (Å²) in [4.78, 5) is 4.42. The van der Waals surface area contributed by atoms with Gasteiger partial charge in [-0.3, -0.25) is 4.98 Å². The summed E-state index contributed by atoms with van der Waals surface area (Å²) >= 11 is 0. The lowest BCUT2D eigenvalue weighted by atomic mass is 10.1. The van der Waals surface area contributed by atoms with Gasteiger partial charge in [0.25, 0.3) is 0 Å². The van der Waals surface area contributed by atoms with Gasteiger partial charge in [0.1, 0.15) is 0 Å². The second kappa shape index (κ2) is 5.71. The maximum absolute atomic E-state index is 12.5. The number of aryl methyl sites for hydroxylation is 1. The molecule has 1 unspecified atom stereocenters. The molecule has 114 valence electrons. The van der Waals surface area contributed by atoms with Crippen LogP contribution in [0.25, 0.3) is 10.9 Å². The Hall–Kier alpha value is -1.50. The predicted octanol–water partition coefficient (Wildman–Crippen LogP) is 1.98. The van der Waals surface area contributed by atoms with Crippen molar-refractivity contribution >= 4 is 20.9 Å². The maximum Gasteiger partial charge on any atom is 0.241 e. The third kappa shape index (κ3) is 3.40. The molecule has 0 radical (unpaired) electrons. The van der Waals surface area contributed by atoms with Crippen molar-refractivity contribution in [1.29, 1.82) is 0 Å². The first-order chi connectivity index (χ1) is 9.77. The summed E-state index contributed by atoms with van der Waals surface area (Å²) in [5.41, 5.74) is 0.527. The lowest BCUT2D eigenvalue weighted by Crippen LogP contribution is -2.40. The van der Waals surface area contributed by atoms with E-state index in [0.29, 0.717) is 17.3 Å². The molecule has 2 rings (SSSR count). The number of nitrogens with zero attached hydrogens (tertiary/aromatic N) is 1. The standard InChI is InChI=1S/C15H20N2O3S/c1-4-15(3,18)10-17-21(19,20)13-8-7-11(2)14-12(13)6-5-9-16-14/h5-9,17-18H,4,10H2,1-3H3. The van der Waals surface area contributed by atoms with Gasteiger partial charge < -0.3 is 5.11 Å². The fourth-order valence-corrected chi connectivity index (χ4v) is 3.33. The molecule has 21 heavy (non-hydrogen) atoms. The van der Waals surface area contributed by atoms with Crippen molar-refractivity contribution in [2.24, 2.45) is 0 Å². The molecule has 0 saturated heterocycles. The Morgan fingerprint density at radius 1 is 1.33 bits per heavy atom. The van der Waals surface area contributed by atoms with E-state index in [2.05, 4.69) is 9.71 Å². The smallest absolute Gasteiger partial charge is 0.241 e. The van der Waals surface area contributed by atoms with Gasteiger partial charge in [-0.25, -0.2) is 13.1 Å². The van der Waals surface area contributed by atoms with Crippen LogP contribution in [-0.2, 0) is 10.0 Å². The van der Waals surface area contributed by atoms with Crippen LogP contribution >= 0.6 is 0 Å². The average Bonchev–Trinajstić information content (AvgIpc) is 2.46. The maximum atomic E-state index is 12.5. The third-order valence-corrected chi connectivity index (χ3v) is 5.09. The second-order valence-corrected chi connectivity index (χ2v) is 7.19. The summed E-state index contributed by atoms with van der Waals surface area (Å²) in [6.07, 6.45) is 2.10. The van der Waals surface area contributed by atoms with E-state index >= 15 is 0 Å². The largest absolute Gasteiger partial charge is 0.389 e. The summed E-state index contributed by atoms with van der Waals surface area (Å²) in [5, 5.41) is 10.5. The Balaban J connectivity index is 2.44. The number of hydrogen-bond donors (Lipinski definition) is 2. The zero-order valence-corrected chi connectivity index (χ0v) is 13.2. The van der Waals surface area contributed by atoms with Gasteiger partial charge >= 0.3 is 0 Å². The molecule has 1 heterocycles. The first-order valence-electron chi connectivity index (χ1n) is 6.83. The highest BCUT2D eigenvalue weighted by molar-refractivity contribution is 7.89. The van der Waals surface area contributed by atoms with E-state index in [1.807, 2.05) is 6.92 Å². The molecule has 0 fully saturated rings. The van der Waals surface area contributed by atoms with Crippen molar-refractivity contribution in [1.82, 2.24) is 9.71 Å². The summed E-state index contributed by atoms with van der Waals surface area (Å²) in [6, 6.07) is 6.76. The van der Waals surface area contributed by atoms with Gasteiger partial charge in [0.05, 0.1) is 16.0 Å². The van der Waals surface area contributed by atoms with Crippen molar-refractivity contribution < 1.29 is 13.5 Å². The molecule has 0 aliphatic rings. The van der Waals surface area contributed by atoms with Gasteiger partial charge in [0, 0.05) is 18.1 Å². The Kier molecular flexibility index (Phi) is 4.32. The first kappa shape index (κ1) is 15.9. The molecule has 0 amide bonds. The Bertz CT molecular complexity index is 755. The average molecular weight is 308 g/mol. The fraction of sp³-hybridized carbons (Fsp3) is 0.400. The Labute approximate surface area is 125 Å². The van der Waals surface area contributed by atoms with Crippen LogP contribution in [0, 0.1) is 6.92 Å². The minimum atomic E-state index is -3.70. The monoisotopic (exact) mass is 308 g/mol. The van der Waals surface area contributed by atoms with Crippen molar-refractivity contribution in [3.63, 3.8) is 0 Å². The van der Waals surface area contributed by atoms with Crippen LogP contribution < -0.4 is 4.72 Å². The van der Waals surface area contributed by atoms with E-state index in [4.69, 9.17) is 0 Å². The van der Waals surface area contributed by atoms with Crippen LogP contribution in [0.15, 0.2) is 35.4 Å². The molecule has 0 aliphatic carbocycles. The van der Waals surface area contributed by atoms with Gasteiger partial charge in [0.2, 0.25) is 10.0 Å². The molecule has 6 heteroatoms.